The van der Waals surface area contributed by atoms with Crippen LogP contribution in [0.15, 0.2) is 46.9 Å². The molecule has 0 unspecified atom stereocenters. The number of nitrogen functional groups attached to an aromatic ring is 1. The molecule has 0 bridgehead atoms. The number of carboxylic acids is 1. The SMILES string of the molecule is COc1ccc(C(=O)O)cc1NC(=O)C=C(C)c1ccc2oc(C(C)=O)c(N)c2c1. The van der Waals surface area contributed by atoms with Crippen molar-refractivity contribution in [2.24, 2.45) is 0 Å². The predicted molar refractivity (Wildman–Crippen MR) is 113 cm³/mol. The summed E-state index contributed by atoms with van der Waals surface area (Å²) in [6, 6.07) is 9.35. The minimum atomic E-state index is -1.11. The molecule has 30 heavy (non-hydrogen) atoms. The van der Waals surface area contributed by atoms with Gasteiger partial charge in [-0.3, -0.25) is 9.59 Å². The van der Waals surface area contributed by atoms with Gasteiger partial charge < -0.3 is 25.3 Å². The smallest absolute Gasteiger partial charge is 0.335 e. The van der Waals surface area contributed by atoms with E-state index in [2.05, 4.69) is 5.32 Å². The Labute approximate surface area is 171 Å². The van der Waals surface area contributed by atoms with Crippen molar-refractivity contribution >= 4 is 45.6 Å². The van der Waals surface area contributed by atoms with E-state index >= 15 is 0 Å². The number of hydrogen-bond donors (Lipinski definition) is 3. The van der Waals surface area contributed by atoms with Gasteiger partial charge in [-0.1, -0.05) is 6.07 Å². The van der Waals surface area contributed by atoms with Gasteiger partial charge in [0.15, 0.2) is 11.5 Å². The van der Waals surface area contributed by atoms with E-state index in [1.54, 1.807) is 25.1 Å². The highest BCUT2D eigenvalue weighted by Crippen LogP contribution is 2.31. The normalized spacial score (nSPS) is 11.4. The van der Waals surface area contributed by atoms with E-state index in [4.69, 9.17) is 20.0 Å². The fourth-order valence-corrected chi connectivity index (χ4v) is 3.01. The Morgan fingerprint density at radius 2 is 1.80 bits per heavy atom. The summed E-state index contributed by atoms with van der Waals surface area (Å²) in [7, 11) is 1.42. The lowest BCUT2D eigenvalue weighted by atomic mass is 10.0. The van der Waals surface area contributed by atoms with Crippen LogP contribution in [-0.2, 0) is 4.79 Å². The third-order valence-electron chi connectivity index (χ3n) is 4.55. The molecule has 0 atom stereocenters. The zero-order valence-corrected chi connectivity index (χ0v) is 16.6. The summed E-state index contributed by atoms with van der Waals surface area (Å²) in [5.41, 5.74) is 8.36. The van der Waals surface area contributed by atoms with E-state index in [0.717, 1.165) is 0 Å². The number of ether oxygens (including phenoxy) is 1. The maximum atomic E-state index is 12.5. The quantitative estimate of drug-likeness (QED) is 0.415. The van der Waals surface area contributed by atoms with Crippen molar-refractivity contribution in [1.29, 1.82) is 0 Å². The molecule has 0 spiro atoms. The van der Waals surface area contributed by atoms with Gasteiger partial charge in [0.2, 0.25) is 5.91 Å². The molecule has 1 amide bonds. The molecule has 0 aliphatic rings. The summed E-state index contributed by atoms with van der Waals surface area (Å²) in [5, 5.41) is 12.4. The van der Waals surface area contributed by atoms with Gasteiger partial charge in [-0.15, -0.1) is 0 Å². The Hall–Kier alpha value is -4.07. The van der Waals surface area contributed by atoms with E-state index in [0.29, 0.717) is 27.9 Å². The van der Waals surface area contributed by atoms with Gasteiger partial charge in [-0.25, -0.2) is 4.79 Å². The van der Waals surface area contributed by atoms with Crippen LogP contribution >= 0.6 is 0 Å². The molecule has 0 fully saturated rings. The van der Waals surface area contributed by atoms with Crippen LogP contribution in [0, 0.1) is 0 Å². The van der Waals surface area contributed by atoms with Crippen molar-refractivity contribution in [1.82, 2.24) is 0 Å². The molecule has 3 aromatic rings. The van der Waals surface area contributed by atoms with Crippen LogP contribution in [0.5, 0.6) is 5.75 Å². The molecule has 1 heterocycles. The van der Waals surface area contributed by atoms with Gasteiger partial charge in [0.05, 0.1) is 24.0 Å². The first-order valence-electron chi connectivity index (χ1n) is 8.95. The third kappa shape index (κ3) is 4.02. The second-order valence-corrected chi connectivity index (χ2v) is 6.65. The summed E-state index contributed by atoms with van der Waals surface area (Å²) in [5.74, 6) is -1.40. The Morgan fingerprint density at radius 3 is 2.43 bits per heavy atom. The number of hydrogen-bond acceptors (Lipinski definition) is 6. The van der Waals surface area contributed by atoms with Crippen LogP contribution in [0.2, 0.25) is 0 Å². The monoisotopic (exact) mass is 408 g/mol. The van der Waals surface area contributed by atoms with E-state index in [1.165, 1.54) is 38.3 Å². The van der Waals surface area contributed by atoms with Crippen LogP contribution < -0.4 is 15.8 Å². The number of benzene rings is 2. The maximum absolute atomic E-state index is 12.5. The highest BCUT2D eigenvalue weighted by molar-refractivity contribution is 6.08. The average molecular weight is 408 g/mol. The van der Waals surface area contributed by atoms with Crippen LogP contribution in [0.25, 0.3) is 16.5 Å². The number of Topliss-reactive ketones (excluding diaryl/α,β-unsaturated/α-hetero) is 1. The molecule has 0 radical (unpaired) electrons. The average Bonchev–Trinajstić information content (AvgIpc) is 3.04. The van der Waals surface area contributed by atoms with Gasteiger partial charge in [-0.05, 0) is 48.4 Å². The molecule has 0 saturated heterocycles. The molecule has 154 valence electrons. The second-order valence-electron chi connectivity index (χ2n) is 6.65. The second kappa shape index (κ2) is 8.12. The molecule has 4 N–H and O–H groups in total. The minimum absolute atomic E-state index is 0.0222. The highest BCUT2D eigenvalue weighted by atomic mass is 16.5. The number of rotatable bonds is 6. The summed E-state index contributed by atoms with van der Waals surface area (Å²) >= 11 is 0. The summed E-state index contributed by atoms with van der Waals surface area (Å²) in [6.45, 7) is 3.12. The third-order valence-corrected chi connectivity index (χ3v) is 4.55. The predicted octanol–water partition coefficient (Wildman–Crippen LogP) is 3.97. The molecule has 0 saturated carbocycles. The zero-order valence-electron chi connectivity index (χ0n) is 16.6. The molecule has 2 aromatic carbocycles. The zero-order chi connectivity index (χ0) is 22.0. The molecule has 0 aliphatic heterocycles. The number of carbonyl (C=O) groups excluding carboxylic acids is 2. The van der Waals surface area contributed by atoms with Crippen molar-refractivity contribution in [3.8, 4) is 5.75 Å². The maximum Gasteiger partial charge on any atom is 0.335 e. The number of allylic oxidation sites excluding steroid dienone is 1. The number of nitrogens with one attached hydrogen (secondary N) is 1. The lowest BCUT2D eigenvalue weighted by Gasteiger charge is -2.10. The number of anilines is 2. The molecule has 3 rings (SSSR count). The molecule has 8 heteroatoms. The van der Waals surface area contributed by atoms with Crippen molar-refractivity contribution in [2.75, 3.05) is 18.2 Å². The number of carboxylic acid groups (broad SMARTS) is 1. The number of furan rings is 1. The van der Waals surface area contributed by atoms with Crippen LogP contribution in [0.1, 0.15) is 40.3 Å². The molecule has 8 nitrogen and oxygen atoms in total. The largest absolute Gasteiger partial charge is 0.495 e. The highest BCUT2D eigenvalue weighted by Gasteiger charge is 2.16. The summed E-state index contributed by atoms with van der Waals surface area (Å²) in [4.78, 5) is 35.3. The Morgan fingerprint density at radius 1 is 1.10 bits per heavy atom. The number of ketones is 1. The van der Waals surface area contributed by atoms with Gasteiger partial charge in [0.25, 0.3) is 0 Å². The van der Waals surface area contributed by atoms with E-state index in [9.17, 15) is 14.4 Å². The Kier molecular flexibility index (Phi) is 5.59. The van der Waals surface area contributed by atoms with Gasteiger partial charge in [-0.2, -0.15) is 0 Å². The molecular formula is C22H20N2O6. The lowest BCUT2D eigenvalue weighted by Crippen LogP contribution is -2.10. The number of methoxy groups -OCH3 is 1. The standard InChI is InChI=1S/C22H20N2O6/c1-11(13-4-6-17-15(9-13)20(23)21(30-17)12(2)25)8-19(26)24-16-10-14(22(27)28)5-7-18(16)29-3/h4-10H,23H2,1-3H3,(H,24,26)(H,27,28). The van der Waals surface area contributed by atoms with Gasteiger partial charge in [0.1, 0.15) is 11.3 Å². The Bertz CT molecular complexity index is 1210. The molecule has 1 aromatic heterocycles. The fraction of sp³-hybridized carbons (Fsp3) is 0.136. The topological polar surface area (TPSA) is 132 Å². The Balaban J connectivity index is 1.89. The number of amides is 1. The number of carbonyl (C=O) groups is 3. The first-order chi connectivity index (χ1) is 14.2. The fourth-order valence-electron chi connectivity index (χ4n) is 3.01. The van der Waals surface area contributed by atoms with E-state index in [1.807, 2.05) is 0 Å². The molecule has 0 aliphatic carbocycles. The van der Waals surface area contributed by atoms with Crippen molar-refractivity contribution in [2.45, 2.75) is 13.8 Å². The van der Waals surface area contributed by atoms with E-state index in [-0.39, 0.29) is 28.5 Å². The van der Waals surface area contributed by atoms with Crippen molar-refractivity contribution in [3.05, 3.63) is 59.4 Å². The number of fused-ring (bicyclic) bond motifs is 1. The van der Waals surface area contributed by atoms with Crippen molar-refractivity contribution < 1.29 is 28.6 Å². The van der Waals surface area contributed by atoms with Crippen LogP contribution in [-0.4, -0.2) is 29.9 Å². The first kappa shape index (κ1) is 20.7. The number of aromatic carboxylic acids is 1. The number of nitrogens with two attached hydrogens (primary N) is 1. The summed E-state index contributed by atoms with van der Waals surface area (Å²) in [6.07, 6.45) is 1.37. The van der Waals surface area contributed by atoms with Crippen LogP contribution in [0.3, 0.4) is 0 Å². The molecular weight excluding hydrogens is 388 g/mol. The minimum Gasteiger partial charge on any atom is -0.495 e. The van der Waals surface area contributed by atoms with Gasteiger partial charge >= 0.3 is 5.97 Å². The first-order valence-corrected chi connectivity index (χ1v) is 8.95. The van der Waals surface area contributed by atoms with Gasteiger partial charge in [0, 0.05) is 18.4 Å². The summed E-state index contributed by atoms with van der Waals surface area (Å²) < 4.78 is 10.6. The van der Waals surface area contributed by atoms with E-state index < -0.39 is 11.9 Å². The van der Waals surface area contributed by atoms with Crippen LogP contribution in [0.4, 0.5) is 11.4 Å². The van der Waals surface area contributed by atoms with Crippen molar-refractivity contribution in [3.63, 3.8) is 0 Å². The lowest BCUT2D eigenvalue weighted by molar-refractivity contribution is -0.111.